The Bertz CT molecular complexity index is 431. The first-order valence-corrected chi connectivity index (χ1v) is 5.82. The van der Waals surface area contributed by atoms with Gasteiger partial charge in [-0.25, -0.2) is 0 Å². The van der Waals surface area contributed by atoms with Gasteiger partial charge in [0.05, 0.1) is 18.9 Å². The number of anilines is 2. The van der Waals surface area contributed by atoms with E-state index in [2.05, 4.69) is 11.0 Å². The molecular weight excluding hydrogens is 214 g/mol. The maximum Gasteiger partial charge on any atom is 0.141 e. The number of nitrogen functional groups attached to an aromatic ring is 1. The maximum absolute atomic E-state index is 8.86. The minimum Gasteiger partial charge on any atom is -0.495 e. The molecule has 17 heavy (non-hydrogen) atoms. The molecule has 1 heterocycles. The molecule has 1 fully saturated rings. The van der Waals surface area contributed by atoms with Crippen LogP contribution in [0, 0.1) is 17.2 Å². The Kier molecular flexibility index (Phi) is 3.38. The molecule has 0 radical (unpaired) electrons. The predicted octanol–water partition coefficient (Wildman–Crippen LogP) is 2.02. The highest BCUT2D eigenvalue weighted by Crippen LogP contribution is 2.29. The van der Waals surface area contributed by atoms with E-state index in [1.54, 1.807) is 7.11 Å². The van der Waals surface area contributed by atoms with Crippen molar-refractivity contribution < 1.29 is 4.74 Å². The van der Waals surface area contributed by atoms with E-state index in [1.807, 2.05) is 18.2 Å². The highest BCUT2D eigenvalue weighted by Gasteiger charge is 2.19. The standard InChI is InChI=1S/C13H17N3O/c1-17-13-3-2-11(8-12(13)15)16-6-4-10(9-14)5-7-16/h2-3,8,10H,4-7,15H2,1H3. The molecule has 4 heteroatoms. The highest BCUT2D eigenvalue weighted by atomic mass is 16.5. The topological polar surface area (TPSA) is 62.3 Å². The number of benzene rings is 1. The van der Waals surface area contributed by atoms with Crippen LogP contribution >= 0.6 is 0 Å². The quantitative estimate of drug-likeness (QED) is 0.791. The van der Waals surface area contributed by atoms with Gasteiger partial charge < -0.3 is 15.4 Å². The van der Waals surface area contributed by atoms with Gasteiger partial charge in [0.15, 0.2) is 0 Å². The minimum atomic E-state index is 0.210. The predicted molar refractivity (Wildman–Crippen MR) is 68.0 cm³/mol. The van der Waals surface area contributed by atoms with Crippen LogP contribution in [0.4, 0.5) is 11.4 Å². The summed E-state index contributed by atoms with van der Waals surface area (Å²) < 4.78 is 5.14. The maximum atomic E-state index is 8.86. The number of nitriles is 1. The summed E-state index contributed by atoms with van der Waals surface area (Å²) in [6.07, 6.45) is 1.87. The largest absolute Gasteiger partial charge is 0.495 e. The van der Waals surface area contributed by atoms with Gasteiger partial charge in [-0.3, -0.25) is 0 Å². The highest BCUT2D eigenvalue weighted by molar-refractivity contribution is 5.63. The molecule has 1 aromatic rings. The summed E-state index contributed by atoms with van der Waals surface area (Å²) in [7, 11) is 1.61. The summed E-state index contributed by atoms with van der Waals surface area (Å²) in [4.78, 5) is 2.27. The van der Waals surface area contributed by atoms with Crippen LogP contribution in [0.5, 0.6) is 5.75 Å². The third-order valence-electron chi connectivity index (χ3n) is 3.26. The second-order valence-electron chi connectivity index (χ2n) is 4.32. The summed E-state index contributed by atoms with van der Waals surface area (Å²) in [5.74, 6) is 0.919. The first-order chi connectivity index (χ1) is 8.24. The zero-order valence-corrected chi connectivity index (χ0v) is 10.0. The molecule has 0 spiro atoms. The molecule has 1 aliphatic rings. The normalized spacial score (nSPS) is 16.6. The molecule has 1 saturated heterocycles. The lowest BCUT2D eigenvalue weighted by Crippen LogP contribution is -2.33. The molecule has 1 aromatic carbocycles. The van der Waals surface area contributed by atoms with Crippen molar-refractivity contribution in [1.82, 2.24) is 0 Å². The molecule has 2 N–H and O–H groups in total. The van der Waals surface area contributed by atoms with Crippen molar-refractivity contribution >= 4 is 11.4 Å². The lowest BCUT2D eigenvalue weighted by molar-refractivity contribution is 0.417. The van der Waals surface area contributed by atoms with Gasteiger partial charge in [0.1, 0.15) is 5.75 Å². The number of ether oxygens (including phenoxy) is 1. The van der Waals surface area contributed by atoms with E-state index < -0.39 is 0 Å². The molecule has 1 aliphatic heterocycles. The molecular formula is C13H17N3O. The molecule has 0 bridgehead atoms. The van der Waals surface area contributed by atoms with Crippen molar-refractivity contribution in [1.29, 1.82) is 5.26 Å². The van der Waals surface area contributed by atoms with Crippen LogP contribution in [0.1, 0.15) is 12.8 Å². The number of nitrogens with two attached hydrogens (primary N) is 1. The fourth-order valence-electron chi connectivity index (χ4n) is 2.19. The van der Waals surface area contributed by atoms with Crippen LogP contribution in [-0.2, 0) is 0 Å². The Morgan fingerprint density at radius 2 is 2.12 bits per heavy atom. The second-order valence-corrected chi connectivity index (χ2v) is 4.32. The van der Waals surface area contributed by atoms with Crippen molar-refractivity contribution in [3.05, 3.63) is 18.2 Å². The van der Waals surface area contributed by atoms with Gasteiger partial charge >= 0.3 is 0 Å². The molecule has 2 rings (SSSR count). The number of piperidine rings is 1. The van der Waals surface area contributed by atoms with Crippen molar-refractivity contribution in [3.8, 4) is 11.8 Å². The van der Waals surface area contributed by atoms with Crippen LogP contribution in [0.25, 0.3) is 0 Å². The summed E-state index contributed by atoms with van der Waals surface area (Å²) in [5.41, 5.74) is 7.66. The van der Waals surface area contributed by atoms with Crippen molar-refractivity contribution in [2.45, 2.75) is 12.8 Å². The molecule has 0 amide bonds. The van der Waals surface area contributed by atoms with Gasteiger partial charge in [-0.1, -0.05) is 0 Å². The van der Waals surface area contributed by atoms with Gasteiger partial charge in [0, 0.05) is 24.7 Å². The Hall–Kier alpha value is -1.89. The Morgan fingerprint density at radius 3 is 2.65 bits per heavy atom. The first kappa shape index (κ1) is 11.6. The van der Waals surface area contributed by atoms with Gasteiger partial charge in [-0.2, -0.15) is 5.26 Å². The third-order valence-corrected chi connectivity index (χ3v) is 3.26. The Labute approximate surface area is 102 Å². The zero-order chi connectivity index (χ0) is 12.3. The Morgan fingerprint density at radius 1 is 1.41 bits per heavy atom. The third kappa shape index (κ3) is 2.44. The van der Waals surface area contributed by atoms with Crippen molar-refractivity contribution in [2.24, 2.45) is 5.92 Å². The van der Waals surface area contributed by atoms with E-state index in [4.69, 9.17) is 15.7 Å². The number of hydrogen-bond donors (Lipinski definition) is 1. The summed E-state index contributed by atoms with van der Waals surface area (Å²) in [6.45, 7) is 1.84. The van der Waals surface area contributed by atoms with E-state index >= 15 is 0 Å². The summed E-state index contributed by atoms with van der Waals surface area (Å²) in [6, 6.07) is 8.18. The van der Waals surface area contributed by atoms with Gasteiger partial charge in [0.2, 0.25) is 0 Å². The van der Waals surface area contributed by atoms with Crippen LogP contribution in [0.2, 0.25) is 0 Å². The second kappa shape index (κ2) is 4.96. The first-order valence-electron chi connectivity index (χ1n) is 5.82. The molecule has 0 atom stereocenters. The van der Waals surface area contributed by atoms with E-state index in [0.717, 1.165) is 31.6 Å². The van der Waals surface area contributed by atoms with Crippen molar-refractivity contribution in [2.75, 3.05) is 30.8 Å². The SMILES string of the molecule is COc1ccc(N2CCC(C#N)CC2)cc1N. The zero-order valence-electron chi connectivity index (χ0n) is 10.0. The van der Waals surface area contributed by atoms with Crippen LogP contribution in [0.15, 0.2) is 18.2 Å². The molecule has 0 aromatic heterocycles. The van der Waals surface area contributed by atoms with E-state index in [9.17, 15) is 0 Å². The average Bonchev–Trinajstić information content (AvgIpc) is 2.39. The van der Waals surface area contributed by atoms with E-state index in [1.165, 1.54) is 0 Å². The monoisotopic (exact) mass is 231 g/mol. The molecule has 0 unspecified atom stereocenters. The summed E-state index contributed by atoms with van der Waals surface area (Å²) in [5, 5.41) is 8.86. The average molecular weight is 231 g/mol. The van der Waals surface area contributed by atoms with Crippen LogP contribution in [-0.4, -0.2) is 20.2 Å². The molecule has 90 valence electrons. The number of nitrogens with zero attached hydrogens (tertiary/aromatic N) is 2. The number of methoxy groups -OCH3 is 1. The minimum absolute atomic E-state index is 0.210. The fraction of sp³-hybridized carbons (Fsp3) is 0.462. The Balaban J connectivity index is 2.09. The fourth-order valence-corrected chi connectivity index (χ4v) is 2.19. The van der Waals surface area contributed by atoms with Crippen LogP contribution in [0.3, 0.4) is 0 Å². The van der Waals surface area contributed by atoms with Crippen molar-refractivity contribution in [3.63, 3.8) is 0 Å². The molecule has 0 saturated carbocycles. The van der Waals surface area contributed by atoms with Gasteiger partial charge in [-0.15, -0.1) is 0 Å². The summed E-state index contributed by atoms with van der Waals surface area (Å²) >= 11 is 0. The number of rotatable bonds is 2. The van der Waals surface area contributed by atoms with Gasteiger partial charge in [-0.05, 0) is 31.0 Å². The smallest absolute Gasteiger partial charge is 0.141 e. The lowest BCUT2D eigenvalue weighted by Gasteiger charge is -2.31. The number of hydrogen-bond acceptors (Lipinski definition) is 4. The van der Waals surface area contributed by atoms with Crippen LogP contribution < -0.4 is 15.4 Å². The lowest BCUT2D eigenvalue weighted by atomic mass is 9.98. The van der Waals surface area contributed by atoms with Gasteiger partial charge in [0.25, 0.3) is 0 Å². The van der Waals surface area contributed by atoms with E-state index in [-0.39, 0.29) is 5.92 Å². The molecule has 4 nitrogen and oxygen atoms in total. The molecule has 0 aliphatic carbocycles. The van der Waals surface area contributed by atoms with E-state index in [0.29, 0.717) is 11.4 Å².